The van der Waals surface area contributed by atoms with Crippen LogP contribution in [-0.4, -0.2) is 35.8 Å². The number of rotatable bonds is 4. The van der Waals surface area contributed by atoms with Gasteiger partial charge in [-0.15, -0.1) is 0 Å². The molecule has 1 heterocycles. The zero-order valence-electron chi connectivity index (χ0n) is 11.2. The van der Waals surface area contributed by atoms with Crippen molar-refractivity contribution in [3.05, 3.63) is 36.5 Å². The summed E-state index contributed by atoms with van der Waals surface area (Å²) in [6.45, 7) is 1.14. The van der Waals surface area contributed by atoms with Crippen LogP contribution in [0.2, 0.25) is 0 Å². The fraction of sp³-hybridized carbons (Fsp3) is 0.500. The summed E-state index contributed by atoms with van der Waals surface area (Å²) < 4.78 is 0. The first-order chi connectivity index (χ1) is 9.75. The zero-order valence-corrected chi connectivity index (χ0v) is 11.2. The first kappa shape index (κ1) is 12.1. The van der Waals surface area contributed by atoms with E-state index in [-0.39, 0.29) is 29.7 Å². The van der Waals surface area contributed by atoms with Crippen LogP contribution in [-0.2, 0) is 9.59 Å². The molecule has 0 spiro atoms. The molecule has 1 saturated heterocycles. The van der Waals surface area contributed by atoms with Crippen LogP contribution in [0.3, 0.4) is 0 Å². The molecule has 1 N–H and O–H groups in total. The lowest BCUT2D eigenvalue weighted by molar-refractivity contribution is -0.140. The van der Waals surface area contributed by atoms with Gasteiger partial charge in [-0.05, 0) is 18.3 Å². The molecule has 4 rings (SSSR count). The molecule has 0 aromatic carbocycles. The predicted octanol–water partition coefficient (Wildman–Crippen LogP) is 0.878. The van der Waals surface area contributed by atoms with Crippen LogP contribution in [0.1, 0.15) is 6.42 Å². The largest absolute Gasteiger partial charge is 0.305 e. The van der Waals surface area contributed by atoms with E-state index in [2.05, 4.69) is 29.6 Å². The number of likely N-dealkylation sites (tertiary alicyclic amines) is 1. The number of fused-ring (bicyclic) bond motifs is 5. The van der Waals surface area contributed by atoms with E-state index in [1.807, 2.05) is 12.2 Å². The lowest BCUT2D eigenvalue weighted by atomic mass is 9.85. The summed E-state index contributed by atoms with van der Waals surface area (Å²) in [6, 6.07) is 0.236. The van der Waals surface area contributed by atoms with Gasteiger partial charge in [-0.2, -0.15) is 0 Å². The van der Waals surface area contributed by atoms with Crippen molar-refractivity contribution in [1.82, 2.24) is 10.2 Å². The molecular formula is C16H18N2O2. The first-order valence-electron chi connectivity index (χ1n) is 7.37. The smallest absolute Gasteiger partial charge is 0.233 e. The normalized spacial score (nSPS) is 37.7. The van der Waals surface area contributed by atoms with Crippen molar-refractivity contribution in [3.63, 3.8) is 0 Å². The Kier molecular flexibility index (Phi) is 2.67. The molecule has 4 unspecified atom stereocenters. The fourth-order valence-electron chi connectivity index (χ4n) is 4.10. The molecule has 3 aliphatic carbocycles. The van der Waals surface area contributed by atoms with E-state index in [4.69, 9.17) is 0 Å². The molecule has 2 bridgehead atoms. The molecule has 104 valence electrons. The van der Waals surface area contributed by atoms with Crippen molar-refractivity contribution < 1.29 is 9.59 Å². The van der Waals surface area contributed by atoms with Crippen LogP contribution >= 0.6 is 0 Å². The Morgan fingerprint density at radius 2 is 1.60 bits per heavy atom. The molecule has 4 aliphatic rings. The van der Waals surface area contributed by atoms with Gasteiger partial charge < -0.3 is 5.32 Å². The van der Waals surface area contributed by atoms with E-state index >= 15 is 0 Å². The molecule has 1 saturated carbocycles. The minimum Gasteiger partial charge on any atom is -0.305 e. The Morgan fingerprint density at radius 1 is 1.00 bits per heavy atom. The van der Waals surface area contributed by atoms with Crippen molar-refractivity contribution in [2.75, 3.05) is 13.1 Å². The highest BCUT2D eigenvalue weighted by molar-refractivity contribution is 6.06. The summed E-state index contributed by atoms with van der Waals surface area (Å²) >= 11 is 0. The molecule has 0 aromatic heterocycles. The SMILES string of the molecule is O=C1C2C3C=CC(C3)C2C(=O)N1CCNC1C=CC=C1. The van der Waals surface area contributed by atoms with Gasteiger partial charge in [-0.1, -0.05) is 36.5 Å². The quantitative estimate of drug-likeness (QED) is 0.609. The Morgan fingerprint density at radius 3 is 2.20 bits per heavy atom. The first-order valence-corrected chi connectivity index (χ1v) is 7.37. The summed E-state index contributed by atoms with van der Waals surface area (Å²) in [5, 5.41) is 3.32. The van der Waals surface area contributed by atoms with E-state index in [1.54, 1.807) is 0 Å². The van der Waals surface area contributed by atoms with E-state index < -0.39 is 0 Å². The molecule has 20 heavy (non-hydrogen) atoms. The Labute approximate surface area is 118 Å². The number of allylic oxidation sites excluding steroid dienone is 4. The van der Waals surface area contributed by atoms with Crippen molar-refractivity contribution in [2.24, 2.45) is 23.7 Å². The highest BCUT2D eigenvalue weighted by Crippen LogP contribution is 2.52. The third kappa shape index (κ3) is 1.64. The van der Waals surface area contributed by atoms with E-state index in [9.17, 15) is 9.59 Å². The number of carbonyl (C=O) groups excluding carboxylic acids is 2. The molecule has 2 amide bonds. The average molecular weight is 270 g/mol. The molecule has 0 aromatic rings. The minimum atomic E-state index is -0.0660. The number of carbonyl (C=O) groups is 2. The van der Waals surface area contributed by atoms with Crippen LogP contribution in [0.25, 0.3) is 0 Å². The maximum Gasteiger partial charge on any atom is 0.233 e. The average Bonchev–Trinajstić information content (AvgIpc) is 3.18. The van der Waals surface area contributed by atoms with Gasteiger partial charge >= 0.3 is 0 Å². The Balaban J connectivity index is 1.40. The molecule has 4 nitrogen and oxygen atoms in total. The number of nitrogens with zero attached hydrogens (tertiary/aromatic N) is 1. The second-order valence-electron chi connectivity index (χ2n) is 6.08. The van der Waals surface area contributed by atoms with Gasteiger partial charge in [0.25, 0.3) is 0 Å². The second kappa shape index (κ2) is 4.42. The van der Waals surface area contributed by atoms with Gasteiger partial charge in [-0.25, -0.2) is 0 Å². The second-order valence-corrected chi connectivity index (χ2v) is 6.08. The molecule has 0 radical (unpaired) electrons. The lowest BCUT2D eigenvalue weighted by Crippen LogP contribution is -2.40. The topological polar surface area (TPSA) is 49.4 Å². The van der Waals surface area contributed by atoms with Crippen LogP contribution in [0, 0.1) is 23.7 Å². The van der Waals surface area contributed by atoms with Crippen LogP contribution in [0.4, 0.5) is 0 Å². The van der Waals surface area contributed by atoms with Gasteiger partial charge in [-0.3, -0.25) is 14.5 Å². The van der Waals surface area contributed by atoms with Gasteiger partial charge in [0.05, 0.1) is 11.8 Å². The van der Waals surface area contributed by atoms with E-state index in [0.29, 0.717) is 24.9 Å². The Hall–Kier alpha value is -1.68. The highest BCUT2D eigenvalue weighted by Gasteiger charge is 2.58. The molecule has 4 heteroatoms. The lowest BCUT2D eigenvalue weighted by Gasteiger charge is -2.18. The van der Waals surface area contributed by atoms with E-state index in [1.165, 1.54) is 4.90 Å². The van der Waals surface area contributed by atoms with Crippen molar-refractivity contribution in [1.29, 1.82) is 0 Å². The summed E-state index contributed by atoms with van der Waals surface area (Å²) in [7, 11) is 0. The number of imide groups is 1. The van der Waals surface area contributed by atoms with Gasteiger partial charge in [0.2, 0.25) is 11.8 Å². The molecule has 1 aliphatic heterocycles. The molecule has 4 atom stereocenters. The number of amides is 2. The zero-order chi connectivity index (χ0) is 13.7. The fourth-order valence-corrected chi connectivity index (χ4v) is 4.10. The van der Waals surface area contributed by atoms with Crippen molar-refractivity contribution in [2.45, 2.75) is 12.5 Å². The Bertz CT molecular complexity index is 507. The minimum absolute atomic E-state index is 0.0520. The molecular weight excluding hydrogens is 252 g/mol. The predicted molar refractivity (Wildman–Crippen MR) is 74.5 cm³/mol. The monoisotopic (exact) mass is 270 g/mol. The summed E-state index contributed by atoms with van der Waals surface area (Å²) in [4.78, 5) is 26.3. The van der Waals surface area contributed by atoms with Crippen LogP contribution < -0.4 is 5.32 Å². The van der Waals surface area contributed by atoms with E-state index in [0.717, 1.165) is 6.42 Å². The van der Waals surface area contributed by atoms with Crippen LogP contribution in [0.5, 0.6) is 0 Å². The number of hydrogen-bond acceptors (Lipinski definition) is 3. The highest BCUT2D eigenvalue weighted by atomic mass is 16.2. The number of nitrogens with one attached hydrogen (secondary N) is 1. The maximum absolute atomic E-state index is 12.4. The van der Waals surface area contributed by atoms with Crippen molar-refractivity contribution >= 4 is 11.8 Å². The van der Waals surface area contributed by atoms with Crippen molar-refractivity contribution in [3.8, 4) is 0 Å². The summed E-state index contributed by atoms with van der Waals surface area (Å²) in [6.07, 6.45) is 13.4. The van der Waals surface area contributed by atoms with Gasteiger partial charge in [0.15, 0.2) is 0 Å². The third-order valence-corrected chi connectivity index (χ3v) is 5.03. The van der Waals surface area contributed by atoms with Gasteiger partial charge in [0.1, 0.15) is 0 Å². The standard InChI is InChI=1S/C16H18N2O2/c19-15-13-10-5-6-11(9-10)14(13)16(20)18(15)8-7-17-12-3-1-2-4-12/h1-6,10-14,17H,7-9H2. The summed E-state index contributed by atoms with van der Waals surface area (Å²) in [5.74, 6) is 0.583. The molecule has 2 fully saturated rings. The van der Waals surface area contributed by atoms with Crippen LogP contribution in [0.15, 0.2) is 36.5 Å². The maximum atomic E-state index is 12.4. The van der Waals surface area contributed by atoms with Gasteiger partial charge in [0, 0.05) is 19.1 Å². The third-order valence-electron chi connectivity index (χ3n) is 5.03. The summed E-state index contributed by atoms with van der Waals surface area (Å²) in [5.41, 5.74) is 0. The number of hydrogen-bond donors (Lipinski definition) is 1.